The zero-order valence-corrected chi connectivity index (χ0v) is 23.1. The van der Waals surface area contributed by atoms with Crippen molar-refractivity contribution < 1.29 is 0 Å². The Bertz CT molecular complexity index is 723. The molecule has 35 heavy (non-hydrogen) atoms. The van der Waals surface area contributed by atoms with Gasteiger partial charge in [0.25, 0.3) is 0 Å². The first-order valence-electron chi connectivity index (χ1n) is 15.1. The molecule has 0 aromatic carbocycles. The summed E-state index contributed by atoms with van der Waals surface area (Å²) in [7, 11) is 0. The third-order valence-electron chi connectivity index (χ3n) is 7.15. The van der Waals surface area contributed by atoms with Crippen LogP contribution in [0.4, 0.5) is 0 Å². The highest BCUT2D eigenvalue weighted by Gasteiger charge is 2.04. The lowest BCUT2D eigenvalue weighted by molar-refractivity contribution is 0.556. The van der Waals surface area contributed by atoms with E-state index in [0.717, 1.165) is 24.4 Å². The van der Waals surface area contributed by atoms with Crippen LogP contribution in [0.15, 0.2) is 30.7 Å². The maximum atomic E-state index is 4.64. The molecule has 2 heterocycles. The van der Waals surface area contributed by atoms with Gasteiger partial charge in [0.1, 0.15) is 5.69 Å². The van der Waals surface area contributed by atoms with Crippen molar-refractivity contribution >= 4 is 0 Å². The molecule has 0 N–H and O–H groups in total. The molecule has 3 heteroatoms. The number of hydrogen-bond donors (Lipinski definition) is 0. The van der Waals surface area contributed by atoms with Gasteiger partial charge in [0.2, 0.25) is 0 Å². The number of nitrogens with zero attached hydrogens (tertiary/aromatic N) is 3. The molecular weight excluding hydrogens is 426 g/mol. The third kappa shape index (κ3) is 14.4. The minimum Gasteiger partial charge on any atom is -0.253 e. The van der Waals surface area contributed by atoms with Crippen molar-refractivity contribution in [3.8, 4) is 11.5 Å². The number of rotatable bonds is 22. The Kier molecular flexibility index (Phi) is 17.2. The van der Waals surface area contributed by atoms with Gasteiger partial charge in [-0.25, -0.2) is 9.97 Å². The van der Waals surface area contributed by atoms with Crippen LogP contribution in [0.5, 0.6) is 0 Å². The van der Waals surface area contributed by atoms with E-state index in [1.54, 1.807) is 0 Å². The summed E-state index contributed by atoms with van der Waals surface area (Å²) in [6.07, 6.45) is 34.3. The second kappa shape index (κ2) is 20.4. The second-order valence-corrected chi connectivity index (χ2v) is 10.5. The predicted molar refractivity (Wildman–Crippen MR) is 152 cm³/mol. The van der Waals surface area contributed by atoms with Crippen LogP contribution in [0, 0.1) is 0 Å². The topological polar surface area (TPSA) is 38.7 Å². The minimum absolute atomic E-state index is 0.742. The number of aromatic nitrogens is 3. The number of unbranched alkanes of at least 4 members (excludes halogenated alkanes) is 17. The molecule has 3 nitrogen and oxygen atoms in total. The van der Waals surface area contributed by atoms with Gasteiger partial charge >= 0.3 is 0 Å². The molecule has 0 unspecified atom stereocenters. The van der Waals surface area contributed by atoms with Gasteiger partial charge in [-0.2, -0.15) is 0 Å². The summed E-state index contributed by atoms with van der Waals surface area (Å²) in [6.45, 7) is 4.57. The zero-order valence-electron chi connectivity index (χ0n) is 23.1. The summed E-state index contributed by atoms with van der Waals surface area (Å²) in [5, 5.41) is 0. The molecule has 0 aliphatic carbocycles. The third-order valence-corrected chi connectivity index (χ3v) is 7.15. The van der Waals surface area contributed by atoms with E-state index in [9.17, 15) is 0 Å². The lowest BCUT2D eigenvalue weighted by Gasteiger charge is -2.05. The van der Waals surface area contributed by atoms with Gasteiger partial charge in [0.05, 0.1) is 0 Å². The fraction of sp³-hybridized carbons (Fsp3) is 0.719. The number of aryl methyl sites for hydroxylation is 2. The molecule has 0 aliphatic heterocycles. The largest absolute Gasteiger partial charge is 0.253 e. The first-order chi connectivity index (χ1) is 17.3. The van der Waals surface area contributed by atoms with Crippen molar-refractivity contribution in [2.45, 2.75) is 149 Å². The van der Waals surface area contributed by atoms with Crippen molar-refractivity contribution in [3.63, 3.8) is 0 Å². The monoisotopic (exact) mass is 479 g/mol. The normalized spacial score (nSPS) is 11.3. The summed E-state index contributed by atoms with van der Waals surface area (Å²) in [4.78, 5) is 13.8. The Hall–Kier alpha value is -1.77. The molecule has 0 fully saturated rings. The van der Waals surface area contributed by atoms with Gasteiger partial charge in [-0.3, -0.25) is 4.98 Å². The molecule has 0 bridgehead atoms. The molecule has 2 rings (SSSR count). The van der Waals surface area contributed by atoms with Gasteiger partial charge in [0, 0.05) is 18.6 Å². The van der Waals surface area contributed by atoms with Gasteiger partial charge in [0.15, 0.2) is 5.82 Å². The van der Waals surface area contributed by atoms with Gasteiger partial charge in [-0.1, -0.05) is 129 Å². The summed E-state index contributed by atoms with van der Waals surface area (Å²) < 4.78 is 0. The Labute approximate surface area is 217 Å². The van der Waals surface area contributed by atoms with Crippen molar-refractivity contribution in [2.75, 3.05) is 0 Å². The van der Waals surface area contributed by atoms with E-state index in [-0.39, 0.29) is 0 Å². The van der Waals surface area contributed by atoms with Crippen molar-refractivity contribution in [2.24, 2.45) is 0 Å². The number of pyridine rings is 1. The Balaban J connectivity index is 1.55. The smallest absolute Gasteiger partial charge is 0.178 e. The maximum Gasteiger partial charge on any atom is 0.178 e. The van der Waals surface area contributed by atoms with Gasteiger partial charge < -0.3 is 0 Å². The van der Waals surface area contributed by atoms with Crippen LogP contribution in [0.25, 0.3) is 11.5 Å². The first-order valence-corrected chi connectivity index (χ1v) is 15.1. The summed E-state index contributed by atoms with van der Waals surface area (Å²) in [5.74, 6) is 0.742. The van der Waals surface area contributed by atoms with E-state index in [4.69, 9.17) is 0 Å². The molecule has 0 aliphatic rings. The average Bonchev–Trinajstić information content (AvgIpc) is 2.89. The summed E-state index contributed by atoms with van der Waals surface area (Å²) in [5.41, 5.74) is 3.45. The lowest BCUT2D eigenvalue weighted by Crippen LogP contribution is -1.96. The Morgan fingerprint density at radius 3 is 1.26 bits per heavy atom. The van der Waals surface area contributed by atoms with Crippen molar-refractivity contribution in [1.29, 1.82) is 0 Å². The molecule has 0 saturated heterocycles. The quantitative estimate of drug-likeness (QED) is 0.158. The van der Waals surface area contributed by atoms with E-state index < -0.39 is 0 Å². The molecule has 0 atom stereocenters. The molecule has 196 valence electrons. The van der Waals surface area contributed by atoms with Crippen LogP contribution in [-0.4, -0.2) is 15.0 Å². The molecule has 0 saturated carbocycles. The lowest BCUT2D eigenvalue weighted by atomic mass is 10.0. The number of hydrogen-bond acceptors (Lipinski definition) is 3. The summed E-state index contributed by atoms with van der Waals surface area (Å²) in [6, 6.07) is 4.29. The zero-order chi connectivity index (χ0) is 24.8. The molecule has 2 aromatic rings. The minimum atomic E-state index is 0.742. The Morgan fingerprint density at radius 2 is 0.829 bits per heavy atom. The maximum absolute atomic E-state index is 4.64. The van der Waals surface area contributed by atoms with Crippen molar-refractivity contribution in [3.05, 3.63) is 41.9 Å². The molecule has 0 spiro atoms. The van der Waals surface area contributed by atoms with Crippen LogP contribution in [0.1, 0.15) is 147 Å². The highest BCUT2D eigenvalue weighted by Crippen LogP contribution is 2.16. The molecule has 0 amide bonds. The van der Waals surface area contributed by atoms with Crippen LogP contribution >= 0.6 is 0 Å². The highest BCUT2D eigenvalue weighted by molar-refractivity contribution is 5.48. The van der Waals surface area contributed by atoms with E-state index >= 15 is 0 Å². The van der Waals surface area contributed by atoms with Gasteiger partial charge in [-0.05, 0) is 42.9 Å². The standard InChI is InChI=1S/C32H53N3/c1-3-5-7-9-11-13-15-17-19-21-23-30-27-34-32(35-28-30)31-25-24-29(26-33-31)22-20-18-16-14-12-10-8-6-4-2/h24-28H,3-23H2,1-2H3. The van der Waals surface area contributed by atoms with E-state index in [2.05, 4.69) is 40.9 Å². The highest BCUT2D eigenvalue weighted by atomic mass is 14.9. The fourth-order valence-corrected chi connectivity index (χ4v) is 4.78. The molecular formula is C32H53N3. The average molecular weight is 480 g/mol. The van der Waals surface area contributed by atoms with Crippen LogP contribution in [0.3, 0.4) is 0 Å². The van der Waals surface area contributed by atoms with Crippen LogP contribution < -0.4 is 0 Å². The molecule has 0 radical (unpaired) electrons. The van der Waals surface area contributed by atoms with Crippen LogP contribution in [-0.2, 0) is 12.8 Å². The fourth-order valence-electron chi connectivity index (χ4n) is 4.78. The SMILES string of the molecule is CCCCCCCCCCCCc1cnc(-c2ccc(CCCCCCCCCCC)cn2)nc1. The first kappa shape index (κ1) is 29.5. The van der Waals surface area contributed by atoms with Gasteiger partial charge in [-0.15, -0.1) is 0 Å². The molecule has 2 aromatic heterocycles. The summed E-state index contributed by atoms with van der Waals surface area (Å²) >= 11 is 0. The van der Waals surface area contributed by atoms with Crippen molar-refractivity contribution in [1.82, 2.24) is 15.0 Å². The second-order valence-electron chi connectivity index (χ2n) is 10.5. The van der Waals surface area contributed by atoms with Crippen LogP contribution in [0.2, 0.25) is 0 Å². The van der Waals surface area contributed by atoms with E-state index in [1.165, 1.54) is 133 Å². The van der Waals surface area contributed by atoms with E-state index in [0.29, 0.717) is 0 Å². The predicted octanol–water partition coefficient (Wildman–Crippen LogP) is 10.1. The Morgan fingerprint density at radius 1 is 0.429 bits per heavy atom. The van der Waals surface area contributed by atoms with E-state index in [1.807, 2.05) is 18.6 Å².